The van der Waals surface area contributed by atoms with Gasteiger partial charge in [-0.1, -0.05) is 6.07 Å². The number of amides is 2. The molecular formula is C14H16ClN2O2+. The van der Waals surface area contributed by atoms with Crippen LogP contribution in [0, 0.1) is 0 Å². The molecule has 0 bridgehead atoms. The van der Waals surface area contributed by atoms with Crippen LogP contribution in [0.3, 0.4) is 0 Å². The third-order valence-corrected chi connectivity index (χ3v) is 4.35. The van der Waals surface area contributed by atoms with Gasteiger partial charge in [0.1, 0.15) is 12.5 Å². The number of hydrogen-bond acceptors (Lipinski definition) is 2. The predicted octanol–water partition coefficient (Wildman–Crippen LogP) is 1.83. The van der Waals surface area contributed by atoms with Crippen LogP contribution >= 0.6 is 11.6 Å². The van der Waals surface area contributed by atoms with Crippen LogP contribution < -0.4 is 0 Å². The summed E-state index contributed by atoms with van der Waals surface area (Å²) in [6, 6.07) is 5.46. The lowest BCUT2D eigenvalue weighted by atomic mass is 10.0. The van der Waals surface area contributed by atoms with E-state index in [0.717, 1.165) is 21.5 Å². The Kier molecular flexibility index (Phi) is 2.87. The molecule has 0 aromatic heterocycles. The van der Waals surface area contributed by atoms with Crippen LogP contribution in [0.25, 0.3) is 0 Å². The molecule has 0 spiro atoms. The molecule has 2 aliphatic heterocycles. The number of fused-ring (bicyclic) bond motifs is 1. The molecular weight excluding hydrogens is 264 g/mol. The summed E-state index contributed by atoms with van der Waals surface area (Å²) in [7, 11) is 2.22. The van der Waals surface area contributed by atoms with Crippen LogP contribution in [-0.2, 0) is 6.54 Å². The van der Waals surface area contributed by atoms with E-state index in [-0.39, 0.29) is 17.8 Å². The van der Waals surface area contributed by atoms with Gasteiger partial charge in [0.2, 0.25) is 0 Å². The Hall–Kier alpha value is -1.39. The molecule has 100 valence electrons. The summed E-state index contributed by atoms with van der Waals surface area (Å²) in [6.07, 6.45) is 1.26. The Labute approximate surface area is 117 Å². The number of hydrogen-bond donors (Lipinski definition) is 0. The Morgan fingerprint density at radius 1 is 1.21 bits per heavy atom. The second kappa shape index (κ2) is 4.32. The summed E-state index contributed by atoms with van der Waals surface area (Å²) in [4.78, 5) is 25.1. The molecule has 0 unspecified atom stereocenters. The minimum Gasteiger partial charge on any atom is -0.322 e. The van der Waals surface area contributed by atoms with E-state index in [1.54, 1.807) is 6.07 Å². The largest absolute Gasteiger partial charge is 0.322 e. The number of nitrogens with zero attached hydrogens (tertiary/aromatic N) is 2. The lowest BCUT2D eigenvalue weighted by Gasteiger charge is -2.42. The average molecular weight is 280 g/mol. The summed E-state index contributed by atoms with van der Waals surface area (Å²) in [6.45, 7) is 3.27. The van der Waals surface area contributed by atoms with E-state index in [4.69, 9.17) is 11.6 Å². The fraction of sp³-hybridized carbons (Fsp3) is 0.429. The van der Waals surface area contributed by atoms with Crippen molar-refractivity contribution in [1.29, 1.82) is 0 Å². The molecule has 2 heterocycles. The number of halogens is 1. The molecule has 0 radical (unpaired) electrons. The van der Waals surface area contributed by atoms with Gasteiger partial charge in [0.15, 0.2) is 0 Å². The highest BCUT2D eigenvalue weighted by molar-refractivity contribution is 6.27. The minimum absolute atomic E-state index is 0.0878. The zero-order valence-electron chi connectivity index (χ0n) is 10.9. The van der Waals surface area contributed by atoms with Crippen molar-refractivity contribution >= 4 is 23.4 Å². The summed E-state index contributed by atoms with van der Waals surface area (Å²) in [5.74, 6) is -0.561. The van der Waals surface area contributed by atoms with Crippen LogP contribution in [0.2, 0.25) is 0 Å². The van der Waals surface area contributed by atoms with Gasteiger partial charge in [-0.15, -0.1) is 11.6 Å². The van der Waals surface area contributed by atoms with E-state index in [0.29, 0.717) is 11.1 Å². The number of imide groups is 1. The zero-order chi connectivity index (χ0) is 13.6. The number of carbonyl (C=O) groups is 2. The maximum absolute atomic E-state index is 12.1. The average Bonchev–Trinajstić information content (AvgIpc) is 2.59. The van der Waals surface area contributed by atoms with Crippen molar-refractivity contribution in [2.24, 2.45) is 0 Å². The molecule has 1 aromatic rings. The van der Waals surface area contributed by atoms with Gasteiger partial charge in [0.25, 0.3) is 11.8 Å². The maximum Gasteiger partial charge on any atom is 0.262 e. The van der Waals surface area contributed by atoms with Crippen LogP contribution in [-0.4, -0.2) is 47.3 Å². The van der Waals surface area contributed by atoms with Crippen LogP contribution in [0.4, 0.5) is 0 Å². The molecule has 1 saturated heterocycles. The molecule has 0 atom stereocenters. The van der Waals surface area contributed by atoms with Crippen molar-refractivity contribution in [3.63, 3.8) is 0 Å². The monoisotopic (exact) mass is 279 g/mol. The Balaban J connectivity index is 1.91. The van der Waals surface area contributed by atoms with Crippen molar-refractivity contribution in [1.82, 2.24) is 4.90 Å². The molecule has 4 nitrogen and oxygen atoms in total. The molecule has 2 amide bonds. The number of alkyl halides is 1. The summed E-state index contributed by atoms with van der Waals surface area (Å²) in [5, 5.41) is 0. The number of rotatable bonds is 3. The van der Waals surface area contributed by atoms with Crippen molar-refractivity contribution < 1.29 is 14.1 Å². The first kappa shape index (κ1) is 12.6. The Morgan fingerprint density at radius 3 is 2.47 bits per heavy atom. The standard InChI is InChI=1S/C14H16ClN2O2/c1-17(5-2-6-17)8-10-3-4-11-12(7-10)14(19)16(9-15)13(11)18/h3-4,7H,2,5-6,8-9H2,1H3/q+1. The third-order valence-electron chi connectivity index (χ3n) is 4.11. The van der Waals surface area contributed by atoms with Gasteiger partial charge in [-0.05, 0) is 12.1 Å². The van der Waals surface area contributed by atoms with Gasteiger partial charge in [0.05, 0.1) is 31.3 Å². The molecule has 1 aromatic carbocycles. The van der Waals surface area contributed by atoms with Crippen LogP contribution in [0.1, 0.15) is 32.7 Å². The Bertz CT molecular complexity index is 567. The van der Waals surface area contributed by atoms with Gasteiger partial charge in [-0.25, -0.2) is 0 Å². The number of carbonyl (C=O) groups excluding carboxylic acids is 2. The van der Waals surface area contributed by atoms with Crippen molar-refractivity contribution in [3.05, 3.63) is 34.9 Å². The van der Waals surface area contributed by atoms with Gasteiger partial charge < -0.3 is 4.48 Å². The fourth-order valence-electron chi connectivity index (χ4n) is 2.84. The summed E-state index contributed by atoms with van der Waals surface area (Å²) in [5.41, 5.74) is 2.08. The molecule has 5 heteroatoms. The first-order chi connectivity index (χ1) is 9.04. The van der Waals surface area contributed by atoms with Gasteiger partial charge in [-0.2, -0.15) is 0 Å². The van der Waals surface area contributed by atoms with Crippen LogP contribution in [0.15, 0.2) is 18.2 Å². The number of quaternary nitrogens is 1. The van der Waals surface area contributed by atoms with Crippen molar-refractivity contribution in [3.8, 4) is 0 Å². The first-order valence-electron chi connectivity index (χ1n) is 6.43. The molecule has 0 saturated carbocycles. The molecule has 2 aliphatic rings. The quantitative estimate of drug-likeness (QED) is 0.366. The topological polar surface area (TPSA) is 37.4 Å². The second-order valence-electron chi connectivity index (χ2n) is 5.62. The van der Waals surface area contributed by atoms with Gasteiger partial charge in [0, 0.05) is 12.0 Å². The molecule has 0 N–H and O–H groups in total. The van der Waals surface area contributed by atoms with E-state index >= 15 is 0 Å². The minimum atomic E-state index is -0.286. The highest BCUT2D eigenvalue weighted by Crippen LogP contribution is 2.27. The molecule has 1 fully saturated rings. The zero-order valence-corrected chi connectivity index (χ0v) is 11.6. The van der Waals surface area contributed by atoms with E-state index in [1.165, 1.54) is 19.5 Å². The predicted molar refractivity (Wildman–Crippen MR) is 71.9 cm³/mol. The maximum atomic E-state index is 12.1. The molecule has 3 rings (SSSR count). The van der Waals surface area contributed by atoms with E-state index in [9.17, 15) is 9.59 Å². The number of benzene rings is 1. The van der Waals surface area contributed by atoms with E-state index in [2.05, 4.69) is 7.05 Å². The smallest absolute Gasteiger partial charge is 0.262 e. The van der Waals surface area contributed by atoms with Gasteiger partial charge in [-0.3, -0.25) is 14.5 Å². The van der Waals surface area contributed by atoms with E-state index < -0.39 is 0 Å². The first-order valence-corrected chi connectivity index (χ1v) is 6.96. The van der Waals surface area contributed by atoms with Crippen molar-refractivity contribution in [2.75, 3.05) is 26.1 Å². The second-order valence-corrected chi connectivity index (χ2v) is 5.86. The lowest BCUT2D eigenvalue weighted by Crippen LogP contribution is -2.53. The highest BCUT2D eigenvalue weighted by atomic mass is 35.5. The summed E-state index contributed by atoms with van der Waals surface area (Å²) >= 11 is 5.65. The fourth-order valence-corrected chi connectivity index (χ4v) is 3.06. The van der Waals surface area contributed by atoms with Gasteiger partial charge >= 0.3 is 0 Å². The molecule has 0 aliphatic carbocycles. The Morgan fingerprint density at radius 2 is 1.89 bits per heavy atom. The molecule has 19 heavy (non-hydrogen) atoms. The normalized spacial score (nSPS) is 20.4. The lowest BCUT2D eigenvalue weighted by molar-refractivity contribution is -0.958. The number of likely N-dealkylation sites (tertiary alicyclic amines) is 1. The summed E-state index contributed by atoms with van der Waals surface area (Å²) < 4.78 is 1.01. The van der Waals surface area contributed by atoms with Crippen molar-refractivity contribution in [2.45, 2.75) is 13.0 Å². The third kappa shape index (κ3) is 1.95. The highest BCUT2D eigenvalue weighted by Gasteiger charge is 2.36. The van der Waals surface area contributed by atoms with E-state index in [1.807, 2.05) is 12.1 Å². The SMILES string of the molecule is C[N+]1(Cc2ccc3c(c2)C(=O)N(CCl)C3=O)CCC1. The van der Waals surface area contributed by atoms with Crippen LogP contribution in [0.5, 0.6) is 0 Å².